The first-order chi connectivity index (χ1) is 8.17. The molecular formula is C14H26S2Si2. The molecule has 0 aromatic heterocycles. The van der Waals surface area contributed by atoms with Crippen molar-refractivity contribution in [1.82, 2.24) is 0 Å². The van der Waals surface area contributed by atoms with Gasteiger partial charge in [0.2, 0.25) is 0 Å². The highest BCUT2D eigenvalue weighted by Gasteiger charge is 2.17. The van der Waals surface area contributed by atoms with Crippen molar-refractivity contribution in [3.8, 4) is 0 Å². The summed E-state index contributed by atoms with van der Waals surface area (Å²) < 4.78 is 0. The Balaban J connectivity index is 2.68. The molecule has 0 N–H and O–H groups in total. The second-order valence-electron chi connectivity index (χ2n) is 6.57. The average Bonchev–Trinajstić information content (AvgIpc) is 2.22. The summed E-state index contributed by atoms with van der Waals surface area (Å²) in [7, 11) is -2.01. The summed E-state index contributed by atoms with van der Waals surface area (Å²) in [5.41, 5.74) is 3.10. The maximum atomic E-state index is 2.43. The molecule has 0 fully saturated rings. The lowest BCUT2D eigenvalue weighted by Gasteiger charge is -2.19. The second kappa shape index (κ2) is 6.68. The van der Waals surface area contributed by atoms with E-state index >= 15 is 0 Å². The van der Waals surface area contributed by atoms with Gasteiger partial charge in [-0.1, -0.05) is 63.5 Å². The molecule has 0 spiro atoms. The Morgan fingerprint density at radius 2 is 1.06 bits per heavy atom. The maximum absolute atomic E-state index is 2.43. The van der Waals surface area contributed by atoms with E-state index in [9.17, 15) is 0 Å². The van der Waals surface area contributed by atoms with Crippen molar-refractivity contribution in [3.05, 3.63) is 35.4 Å². The Kier molecular flexibility index (Phi) is 6.09. The van der Waals surface area contributed by atoms with Gasteiger partial charge in [-0.05, 0) is 11.1 Å². The molecule has 1 aromatic rings. The molecule has 0 nitrogen and oxygen atoms in total. The smallest absolute Gasteiger partial charge is 0.108 e. The van der Waals surface area contributed by atoms with Crippen LogP contribution in [0.2, 0.25) is 39.3 Å². The first-order valence-corrected chi connectivity index (χ1v) is 16.9. The fourth-order valence-electron chi connectivity index (χ4n) is 1.43. The van der Waals surface area contributed by atoms with Crippen LogP contribution in [0.25, 0.3) is 0 Å². The van der Waals surface area contributed by atoms with Crippen LogP contribution in [-0.2, 0) is 11.5 Å². The molecule has 102 valence electrons. The van der Waals surface area contributed by atoms with Gasteiger partial charge >= 0.3 is 0 Å². The molecule has 0 atom stereocenters. The number of hydrogen-bond donors (Lipinski definition) is 0. The lowest BCUT2D eigenvalue weighted by molar-refractivity contribution is 1.29. The largest absolute Gasteiger partial charge is 0.181 e. The predicted octanol–water partition coefficient (Wildman–Crippen LogP) is 5.82. The highest BCUT2D eigenvalue weighted by atomic mass is 32.4. The molecule has 0 aliphatic rings. The Morgan fingerprint density at radius 3 is 1.33 bits per heavy atom. The van der Waals surface area contributed by atoms with Crippen LogP contribution < -0.4 is 0 Å². The minimum atomic E-state index is -1.00. The van der Waals surface area contributed by atoms with Gasteiger partial charge in [-0.2, -0.15) is 22.4 Å². The van der Waals surface area contributed by atoms with E-state index < -0.39 is 14.4 Å². The fourth-order valence-corrected chi connectivity index (χ4v) is 6.70. The third kappa shape index (κ3) is 7.07. The first kappa shape index (κ1) is 16.4. The van der Waals surface area contributed by atoms with Gasteiger partial charge in [0.05, 0.1) is 0 Å². The monoisotopic (exact) mass is 314 g/mol. The second-order valence-corrected chi connectivity index (χ2v) is 25.3. The van der Waals surface area contributed by atoms with E-state index in [1.165, 1.54) is 11.5 Å². The molecule has 18 heavy (non-hydrogen) atoms. The molecule has 1 aromatic carbocycles. The lowest BCUT2D eigenvalue weighted by Crippen LogP contribution is -2.15. The summed E-state index contributed by atoms with van der Waals surface area (Å²) in [5, 5.41) is 0. The van der Waals surface area contributed by atoms with Crippen molar-refractivity contribution in [1.29, 1.82) is 0 Å². The van der Waals surface area contributed by atoms with Crippen molar-refractivity contribution >= 4 is 36.9 Å². The van der Waals surface area contributed by atoms with Gasteiger partial charge in [0.1, 0.15) is 14.4 Å². The quantitative estimate of drug-likeness (QED) is 0.606. The van der Waals surface area contributed by atoms with Crippen LogP contribution in [-0.4, -0.2) is 14.4 Å². The topological polar surface area (TPSA) is 0 Å². The van der Waals surface area contributed by atoms with Gasteiger partial charge in [-0.25, -0.2) is 0 Å². The van der Waals surface area contributed by atoms with Crippen LogP contribution in [0, 0.1) is 0 Å². The van der Waals surface area contributed by atoms with E-state index in [-0.39, 0.29) is 0 Å². The van der Waals surface area contributed by atoms with E-state index in [0.717, 1.165) is 0 Å². The summed E-state index contributed by atoms with van der Waals surface area (Å²) in [5.74, 6) is 2.39. The highest BCUT2D eigenvalue weighted by molar-refractivity contribution is 8.28. The number of rotatable bonds is 6. The van der Waals surface area contributed by atoms with E-state index in [4.69, 9.17) is 0 Å². The zero-order chi connectivity index (χ0) is 13.8. The number of benzene rings is 1. The van der Waals surface area contributed by atoms with Crippen LogP contribution in [0.15, 0.2) is 24.3 Å². The van der Waals surface area contributed by atoms with Gasteiger partial charge in [-0.3, -0.25) is 0 Å². The van der Waals surface area contributed by atoms with Gasteiger partial charge in [0.25, 0.3) is 0 Å². The summed E-state index contributed by atoms with van der Waals surface area (Å²) in [6.07, 6.45) is 0. The van der Waals surface area contributed by atoms with E-state index in [2.05, 4.69) is 86.0 Å². The Hall–Kier alpha value is 0.354. The molecule has 0 saturated heterocycles. The zero-order valence-corrected chi connectivity index (χ0v) is 16.2. The van der Waals surface area contributed by atoms with Crippen LogP contribution >= 0.6 is 22.4 Å². The molecule has 0 amide bonds. The molecule has 0 saturated carbocycles. The van der Waals surface area contributed by atoms with Crippen molar-refractivity contribution in [2.75, 3.05) is 0 Å². The van der Waals surface area contributed by atoms with Crippen molar-refractivity contribution in [3.63, 3.8) is 0 Å². The van der Waals surface area contributed by atoms with Gasteiger partial charge < -0.3 is 0 Å². The van der Waals surface area contributed by atoms with E-state index in [1.54, 1.807) is 11.1 Å². The summed E-state index contributed by atoms with van der Waals surface area (Å²) >= 11 is 4.35. The third-order valence-electron chi connectivity index (χ3n) is 2.44. The molecule has 0 unspecified atom stereocenters. The van der Waals surface area contributed by atoms with Crippen molar-refractivity contribution < 1.29 is 0 Å². The SMILES string of the molecule is C[Si](C)(C)SCc1ccccc1CS[Si](C)(C)C. The molecule has 1 rings (SSSR count). The standard InChI is InChI=1S/C14H26S2Si2/c1-17(2,3)15-11-13-9-7-8-10-14(13)12-16-18(4,5)6/h7-10H,11-12H2,1-6H3. The van der Waals surface area contributed by atoms with Crippen LogP contribution in [0.3, 0.4) is 0 Å². The lowest BCUT2D eigenvalue weighted by atomic mass is 10.1. The molecule has 0 radical (unpaired) electrons. The molecule has 0 aliphatic carbocycles. The summed E-state index contributed by atoms with van der Waals surface area (Å²) in [6.45, 7) is 14.6. The number of hydrogen-bond acceptors (Lipinski definition) is 2. The zero-order valence-electron chi connectivity index (χ0n) is 12.5. The molecular weight excluding hydrogens is 288 g/mol. The summed E-state index contributed by atoms with van der Waals surface area (Å²) in [6, 6.07) is 8.99. The van der Waals surface area contributed by atoms with E-state index in [0.29, 0.717) is 0 Å². The summed E-state index contributed by atoms with van der Waals surface area (Å²) in [4.78, 5) is 0. The van der Waals surface area contributed by atoms with Crippen molar-refractivity contribution in [2.45, 2.75) is 50.8 Å². The minimum Gasteiger partial charge on any atom is -0.181 e. The highest BCUT2D eigenvalue weighted by Crippen LogP contribution is 2.29. The van der Waals surface area contributed by atoms with E-state index in [1.807, 2.05) is 0 Å². The Morgan fingerprint density at radius 1 is 0.722 bits per heavy atom. The molecule has 0 aliphatic heterocycles. The average molecular weight is 315 g/mol. The normalized spacial score (nSPS) is 12.8. The third-order valence-corrected chi connectivity index (χ3v) is 11.1. The fraction of sp³-hybridized carbons (Fsp3) is 0.571. The van der Waals surface area contributed by atoms with Crippen LogP contribution in [0.1, 0.15) is 11.1 Å². The van der Waals surface area contributed by atoms with Crippen LogP contribution in [0.4, 0.5) is 0 Å². The van der Waals surface area contributed by atoms with Gasteiger partial charge in [0, 0.05) is 11.5 Å². The van der Waals surface area contributed by atoms with Gasteiger partial charge in [-0.15, -0.1) is 0 Å². The molecule has 0 bridgehead atoms. The Labute approximate surface area is 123 Å². The molecule has 4 heteroatoms. The van der Waals surface area contributed by atoms with Gasteiger partial charge in [0.15, 0.2) is 0 Å². The van der Waals surface area contributed by atoms with Crippen LogP contribution in [0.5, 0.6) is 0 Å². The molecule has 0 heterocycles. The Bertz CT molecular complexity index is 341. The minimum absolute atomic E-state index is 1.00. The first-order valence-electron chi connectivity index (χ1n) is 6.52. The predicted molar refractivity (Wildman–Crippen MR) is 95.7 cm³/mol. The van der Waals surface area contributed by atoms with Crippen molar-refractivity contribution in [2.24, 2.45) is 0 Å². The maximum Gasteiger partial charge on any atom is 0.108 e.